The Morgan fingerprint density at radius 1 is 1.14 bits per heavy atom. The van der Waals surface area contributed by atoms with Crippen molar-refractivity contribution in [2.75, 3.05) is 18.6 Å². The number of rotatable bonds is 5. The second-order valence-corrected chi connectivity index (χ2v) is 7.97. The Bertz CT molecular complexity index is 1320. The second-order valence-electron chi connectivity index (χ2n) is 7.56. The summed E-state index contributed by atoms with van der Waals surface area (Å²) < 4.78 is 46.1. The number of aliphatic hydroxyl groups is 2. The molecule has 0 amide bonds. The first-order chi connectivity index (χ1) is 16.2. The van der Waals surface area contributed by atoms with Crippen LogP contribution >= 0.6 is 11.6 Å². The molecule has 1 aliphatic rings. The molecule has 3 rings (SSSR count). The maximum absolute atomic E-state index is 13.1. The summed E-state index contributed by atoms with van der Waals surface area (Å²) in [6.45, 7) is -0.812. The third kappa shape index (κ3) is 4.72. The molecule has 190 valence electrons. The number of aromatic nitrogens is 2. The van der Waals surface area contributed by atoms with E-state index >= 15 is 0 Å². The lowest BCUT2D eigenvalue weighted by Crippen LogP contribution is -2.56. The van der Waals surface area contributed by atoms with Crippen molar-refractivity contribution in [3.05, 3.63) is 61.4 Å². The number of anilines is 1. The van der Waals surface area contributed by atoms with E-state index in [2.05, 4.69) is 0 Å². The summed E-state index contributed by atoms with van der Waals surface area (Å²) in [5.41, 5.74) is -3.86. The molecule has 0 saturated carbocycles. The topological polar surface area (TPSA) is 137 Å². The van der Waals surface area contributed by atoms with Crippen molar-refractivity contribution in [3.8, 4) is 11.6 Å². The van der Waals surface area contributed by atoms with Gasteiger partial charge in [-0.1, -0.05) is 11.6 Å². The normalized spacial score (nSPS) is 18.5. The monoisotopic (exact) mass is 520 g/mol. The molecule has 0 aliphatic carbocycles. The van der Waals surface area contributed by atoms with Crippen molar-refractivity contribution >= 4 is 23.1 Å². The molecule has 1 aromatic carbocycles. The molecule has 11 nitrogen and oxygen atoms in total. The molecule has 0 spiro atoms. The number of halogens is 4. The summed E-state index contributed by atoms with van der Waals surface area (Å²) in [5, 5.41) is 30.7. The molecule has 0 fully saturated rings. The highest BCUT2D eigenvalue weighted by Gasteiger charge is 2.44. The number of carbonyl (C=O) groups is 1. The zero-order chi connectivity index (χ0) is 26.4. The molecule has 3 N–H and O–H groups in total. The quantitative estimate of drug-likeness (QED) is 0.481. The first kappa shape index (κ1) is 26.1. The predicted molar refractivity (Wildman–Crippen MR) is 116 cm³/mol. The van der Waals surface area contributed by atoms with E-state index in [-0.39, 0.29) is 16.5 Å². The number of aromatic hydroxyl groups is 1. The van der Waals surface area contributed by atoms with Gasteiger partial charge in [-0.25, -0.2) is 4.79 Å². The summed E-state index contributed by atoms with van der Waals surface area (Å²) in [4.78, 5) is 38.0. The first-order valence-corrected chi connectivity index (χ1v) is 10.2. The predicted octanol–water partition coefficient (Wildman–Crippen LogP) is 0.497. The van der Waals surface area contributed by atoms with Gasteiger partial charge >= 0.3 is 11.9 Å². The van der Waals surface area contributed by atoms with Gasteiger partial charge in [0.1, 0.15) is 17.0 Å². The Kier molecular flexibility index (Phi) is 6.93. The van der Waals surface area contributed by atoms with Gasteiger partial charge in [0, 0.05) is 32.9 Å². The molecule has 1 aliphatic heterocycles. The maximum atomic E-state index is 13.1. The van der Waals surface area contributed by atoms with Gasteiger partial charge in [-0.05, 0) is 18.2 Å². The van der Waals surface area contributed by atoms with Crippen LogP contribution in [0.3, 0.4) is 0 Å². The fourth-order valence-corrected chi connectivity index (χ4v) is 3.60. The van der Waals surface area contributed by atoms with Gasteiger partial charge in [0.2, 0.25) is 18.0 Å². The lowest BCUT2D eigenvalue weighted by atomic mass is 10.2. The van der Waals surface area contributed by atoms with Gasteiger partial charge in [0.15, 0.2) is 12.8 Å². The van der Waals surface area contributed by atoms with Crippen LogP contribution in [0.15, 0.2) is 39.6 Å². The van der Waals surface area contributed by atoms with Crippen LogP contribution in [0.25, 0.3) is 0 Å². The average molecular weight is 521 g/mol. The standard InChI is InChI=1S/C20H20ClF3N4O7/c1-25-13(20(22,23)24)7-14(30)28(19(25)34)9-4-5-10(21)12(6-9)35-8-11(29)15-16(31)26(2)18(33)27(3)17(15)32/h4-7,14,19,30-31,34H,8H2,1-3H3. The van der Waals surface area contributed by atoms with E-state index in [0.717, 1.165) is 32.1 Å². The van der Waals surface area contributed by atoms with Crippen LogP contribution in [0.1, 0.15) is 10.4 Å². The van der Waals surface area contributed by atoms with Gasteiger partial charge in [0.25, 0.3) is 5.56 Å². The summed E-state index contributed by atoms with van der Waals surface area (Å²) in [6, 6.07) is 3.70. The smallest absolute Gasteiger partial charge is 0.431 e. The number of carbonyl (C=O) groups excluding carboxylic acids is 1. The van der Waals surface area contributed by atoms with E-state index in [1.54, 1.807) is 0 Å². The Labute approximate surface area is 200 Å². The third-order valence-corrected chi connectivity index (χ3v) is 5.65. The molecule has 0 saturated heterocycles. The van der Waals surface area contributed by atoms with Gasteiger partial charge in [-0.2, -0.15) is 13.2 Å². The number of ether oxygens (including phenoxy) is 1. The molecule has 2 heterocycles. The molecule has 2 aromatic rings. The minimum Gasteiger partial charge on any atom is -0.494 e. The van der Waals surface area contributed by atoms with Crippen LogP contribution in [-0.4, -0.2) is 67.5 Å². The summed E-state index contributed by atoms with van der Waals surface area (Å²) in [5.74, 6) is -2.02. The Morgan fingerprint density at radius 2 is 1.77 bits per heavy atom. The number of ketones is 1. The zero-order valence-electron chi connectivity index (χ0n) is 18.4. The summed E-state index contributed by atoms with van der Waals surface area (Å²) in [7, 11) is 3.25. The molecule has 1 aromatic heterocycles. The first-order valence-electron chi connectivity index (χ1n) is 9.77. The minimum absolute atomic E-state index is 0.0120. The molecule has 2 atom stereocenters. The number of benzene rings is 1. The Hall–Kier alpha value is -3.49. The molecule has 2 unspecified atom stereocenters. The van der Waals surface area contributed by atoms with Crippen molar-refractivity contribution in [3.63, 3.8) is 0 Å². The highest BCUT2D eigenvalue weighted by atomic mass is 35.5. The molecular weight excluding hydrogens is 501 g/mol. The van der Waals surface area contributed by atoms with Crippen LogP contribution in [0.5, 0.6) is 11.6 Å². The van der Waals surface area contributed by atoms with E-state index in [1.807, 2.05) is 0 Å². The van der Waals surface area contributed by atoms with Gasteiger partial charge in [0.05, 0.1) is 5.02 Å². The molecule has 0 radical (unpaired) electrons. The number of hydrogen-bond donors (Lipinski definition) is 3. The fourth-order valence-electron chi connectivity index (χ4n) is 3.42. The minimum atomic E-state index is -4.82. The van der Waals surface area contributed by atoms with Gasteiger partial charge in [-0.3, -0.25) is 23.6 Å². The maximum Gasteiger partial charge on any atom is 0.431 e. The van der Waals surface area contributed by atoms with E-state index in [9.17, 15) is 42.9 Å². The molecule has 35 heavy (non-hydrogen) atoms. The van der Waals surface area contributed by atoms with E-state index in [4.69, 9.17) is 16.3 Å². The van der Waals surface area contributed by atoms with E-state index < -0.39 is 59.5 Å². The Morgan fingerprint density at radius 3 is 2.37 bits per heavy atom. The second kappa shape index (κ2) is 9.28. The fraction of sp³-hybridized carbons (Fsp3) is 0.350. The lowest BCUT2D eigenvalue weighted by Gasteiger charge is -2.43. The molecule has 15 heteroatoms. The van der Waals surface area contributed by atoms with Crippen LogP contribution in [-0.2, 0) is 14.1 Å². The highest BCUT2D eigenvalue weighted by Crippen LogP contribution is 2.37. The Balaban J connectivity index is 1.90. The highest BCUT2D eigenvalue weighted by molar-refractivity contribution is 6.32. The van der Waals surface area contributed by atoms with Crippen molar-refractivity contribution < 1.29 is 38.0 Å². The summed E-state index contributed by atoms with van der Waals surface area (Å²) in [6.07, 6.45) is -8.11. The number of allylic oxidation sites excluding steroid dienone is 1. The van der Waals surface area contributed by atoms with E-state index in [1.165, 1.54) is 12.1 Å². The number of aliphatic hydroxyl groups excluding tert-OH is 2. The summed E-state index contributed by atoms with van der Waals surface area (Å²) >= 11 is 6.07. The third-order valence-electron chi connectivity index (χ3n) is 5.34. The SMILES string of the molecule is CN1C(C(F)(F)F)=CC(O)N(c2ccc(Cl)c(OCC(=O)c3c(O)n(C)c(=O)n(C)c3=O)c2)C1O. The van der Waals surface area contributed by atoms with Crippen LogP contribution in [0.4, 0.5) is 18.9 Å². The van der Waals surface area contributed by atoms with Crippen LogP contribution in [0, 0.1) is 0 Å². The molecular formula is C20H20ClF3N4O7. The van der Waals surface area contributed by atoms with Crippen LogP contribution < -0.4 is 20.9 Å². The van der Waals surface area contributed by atoms with E-state index in [0.29, 0.717) is 20.1 Å². The van der Waals surface area contributed by atoms with Gasteiger partial charge in [-0.15, -0.1) is 0 Å². The number of alkyl halides is 3. The average Bonchev–Trinajstić information content (AvgIpc) is 2.78. The number of Topliss-reactive ketones (excluding diaryl/α,β-unsaturated/α-hetero) is 1. The van der Waals surface area contributed by atoms with Crippen molar-refractivity contribution in [1.29, 1.82) is 0 Å². The number of nitrogens with zero attached hydrogens (tertiary/aromatic N) is 4. The van der Waals surface area contributed by atoms with Crippen molar-refractivity contribution in [2.45, 2.75) is 18.8 Å². The van der Waals surface area contributed by atoms with Crippen molar-refractivity contribution in [2.24, 2.45) is 14.1 Å². The van der Waals surface area contributed by atoms with Crippen LogP contribution in [0.2, 0.25) is 5.02 Å². The number of hydrogen-bond acceptors (Lipinski definition) is 9. The van der Waals surface area contributed by atoms with Crippen molar-refractivity contribution in [1.82, 2.24) is 14.0 Å². The zero-order valence-corrected chi connectivity index (χ0v) is 19.2. The largest absolute Gasteiger partial charge is 0.494 e. The van der Waals surface area contributed by atoms with Gasteiger partial charge < -0.3 is 25.0 Å². The lowest BCUT2D eigenvalue weighted by molar-refractivity contribution is -0.133. The molecule has 0 bridgehead atoms.